The van der Waals surface area contributed by atoms with Crippen molar-refractivity contribution in [2.24, 2.45) is 5.92 Å². The Morgan fingerprint density at radius 3 is 2.50 bits per heavy atom. The van der Waals surface area contributed by atoms with Gasteiger partial charge in [-0.05, 0) is 41.3 Å². The predicted octanol–water partition coefficient (Wildman–Crippen LogP) is 2.89. The Kier molecular flexibility index (Phi) is 3.78. The summed E-state index contributed by atoms with van der Waals surface area (Å²) >= 11 is 0. The summed E-state index contributed by atoms with van der Waals surface area (Å²) in [7, 11) is 0. The van der Waals surface area contributed by atoms with E-state index in [1.54, 1.807) is 0 Å². The largest absolute Gasteiger partial charge is 0.486 e. The molecule has 1 fully saturated rings. The first-order valence-electron chi connectivity index (χ1n) is 7.90. The number of ether oxygens (including phenoxy) is 1. The number of aromatic amines is 1. The van der Waals surface area contributed by atoms with Crippen molar-refractivity contribution in [1.29, 1.82) is 0 Å². The summed E-state index contributed by atoms with van der Waals surface area (Å²) in [6.45, 7) is 0.156. The minimum atomic E-state index is 0.156. The maximum absolute atomic E-state index is 11.7. The average Bonchev–Trinajstić information content (AvgIpc) is 3.35. The van der Waals surface area contributed by atoms with Gasteiger partial charge in [0.25, 0.3) is 0 Å². The van der Waals surface area contributed by atoms with Crippen LogP contribution in [0.1, 0.15) is 12.8 Å². The third kappa shape index (κ3) is 3.03. The fraction of sp³-hybridized carbons (Fsp3) is 0.222. The SMILES string of the molecule is O=C(COc1ccc(-c2ccccc2-c2nn[nH]n2)cc1)C1CC1. The smallest absolute Gasteiger partial charge is 0.205 e. The molecule has 0 saturated heterocycles. The molecule has 1 aromatic heterocycles. The maximum Gasteiger partial charge on any atom is 0.205 e. The normalized spacial score (nSPS) is 13.7. The standard InChI is InChI=1S/C18H16N4O2/c23-17(13-5-6-13)11-24-14-9-7-12(8-10-14)15-3-1-2-4-16(15)18-19-21-22-20-18/h1-4,7-10,13H,5-6,11H2,(H,19,20,21,22). The molecule has 1 saturated carbocycles. The number of nitrogens with one attached hydrogen (secondary N) is 1. The van der Waals surface area contributed by atoms with E-state index in [0.29, 0.717) is 11.6 Å². The van der Waals surface area contributed by atoms with E-state index in [4.69, 9.17) is 4.74 Å². The molecule has 2 aromatic carbocycles. The summed E-state index contributed by atoms with van der Waals surface area (Å²) in [6.07, 6.45) is 2.02. The zero-order chi connectivity index (χ0) is 16.4. The zero-order valence-electron chi connectivity index (χ0n) is 13.0. The Morgan fingerprint density at radius 1 is 1.08 bits per heavy atom. The molecular weight excluding hydrogens is 304 g/mol. The third-order valence-electron chi connectivity index (χ3n) is 4.09. The van der Waals surface area contributed by atoms with Gasteiger partial charge >= 0.3 is 0 Å². The molecule has 0 amide bonds. The number of benzene rings is 2. The van der Waals surface area contributed by atoms with E-state index in [9.17, 15) is 4.79 Å². The lowest BCUT2D eigenvalue weighted by atomic mass is 9.99. The molecular formula is C18H16N4O2. The van der Waals surface area contributed by atoms with E-state index in [-0.39, 0.29) is 18.3 Å². The van der Waals surface area contributed by atoms with E-state index >= 15 is 0 Å². The molecule has 0 bridgehead atoms. The number of carbonyl (C=O) groups is 1. The van der Waals surface area contributed by atoms with Crippen molar-refractivity contribution in [3.05, 3.63) is 48.5 Å². The van der Waals surface area contributed by atoms with Crippen LogP contribution in [-0.2, 0) is 4.79 Å². The van der Waals surface area contributed by atoms with Crippen LogP contribution in [0.4, 0.5) is 0 Å². The molecule has 1 heterocycles. The van der Waals surface area contributed by atoms with Gasteiger partial charge in [0.05, 0.1) is 0 Å². The Bertz CT molecular complexity index is 840. The number of hydrogen-bond acceptors (Lipinski definition) is 5. The van der Waals surface area contributed by atoms with Crippen LogP contribution in [0.3, 0.4) is 0 Å². The number of hydrogen-bond donors (Lipinski definition) is 1. The highest BCUT2D eigenvalue weighted by atomic mass is 16.5. The Morgan fingerprint density at radius 2 is 1.83 bits per heavy atom. The van der Waals surface area contributed by atoms with Gasteiger partial charge in [-0.15, -0.1) is 10.2 Å². The first kappa shape index (κ1) is 14.6. The van der Waals surface area contributed by atoms with Crippen LogP contribution in [0, 0.1) is 5.92 Å². The molecule has 0 unspecified atom stereocenters. The van der Waals surface area contributed by atoms with Gasteiger partial charge in [0.2, 0.25) is 5.82 Å². The van der Waals surface area contributed by atoms with Crippen LogP contribution in [0.25, 0.3) is 22.5 Å². The highest BCUT2D eigenvalue weighted by Crippen LogP contribution is 2.32. The molecule has 0 spiro atoms. The molecule has 0 radical (unpaired) electrons. The van der Waals surface area contributed by atoms with Gasteiger partial charge < -0.3 is 4.74 Å². The highest BCUT2D eigenvalue weighted by molar-refractivity contribution is 5.84. The maximum atomic E-state index is 11.7. The first-order chi connectivity index (χ1) is 11.8. The minimum Gasteiger partial charge on any atom is -0.486 e. The molecule has 6 nitrogen and oxygen atoms in total. The summed E-state index contributed by atoms with van der Waals surface area (Å²) < 4.78 is 5.57. The molecule has 0 aliphatic heterocycles. The Hall–Kier alpha value is -3.02. The van der Waals surface area contributed by atoms with E-state index < -0.39 is 0 Å². The van der Waals surface area contributed by atoms with E-state index in [1.165, 1.54) is 0 Å². The molecule has 4 rings (SSSR count). The van der Waals surface area contributed by atoms with Gasteiger partial charge in [0, 0.05) is 11.5 Å². The van der Waals surface area contributed by atoms with Crippen LogP contribution in [0.5, 0.6) is 5.75 Å². The van der Waals surface area contributed by atoms with Crippen LogP contribution >= 0.6 is 0 Å². The van der Waals surface area contributed by atoms with Crippen LogP contribution < -0.4 is 4.74 Å². The van der Waals surface area contributed by atoms with Gasteiger partial charge in [0.15, 0.2) is 5.78 Å². The van der Waals surface area contributed by atoms with Gasteiger partial charge in [-0.25, -0.2) is 0 Å². The lowest BCUT2D eigenvalue weighted by molar-refractivity contribution is -0.122. The zero-order valence-corrected chi connectivity index (χ0v) is 13.0. The number of carbonyl (C=O) groups excluding carboxylic acids is 1. The van der Waals surface area contributed by atoms with Crippen molar-refractivity contribution < 1.29 is 9.53 Å². The summed E-state index contributed by atoms with van der Waals surface area (Å²) in [5.74, 6) is 1.68. The highest BCUT2D eigenvalue weighted by Gasteiger charge is 2.29. The number of aromatic nitrogens is 4. The average molecular weight is 320 g/mol. The fourth-order valence-corrected chi connectivity index (χ4v) is 2.61. The predicted molar refractivity (Wildman–Crippen MR) is 88.3 cm³/mol. The molecule has 0 atom stereocenters. The summed E-state index contributed by atoms with van der Waals surface area (Å²) in [5, 5.41) is 14.2. The van der Waals surface area contributed by atoms with Gasteiger partial charge in [0.1, 0.15) is 12.4 Å². The van der Waals surface area contributed by atoms with Crippen molar-refractivity contribution in [1.82, 2.24) is 20.6 Å². The fourth-order valence-electron chi connectivity index (χ4n) is 2.61. The lowest BCUT2D eigenvalue weighted by Gasteiger charge is -2.09. The molecule has 1 aliphatic rings. The molecule has 1 N–H and O–H groups in total. The molecule has 24 heavy (non-hydrogen) atoms. The second-order valence-electron chi connectivity index (χ2n) is 5.83. The number of tetrazole rings is 1. The second-order valence-corrected chi connectivity index (χ2v) is 5.83. The van der Waals surface area contributed by atoms with Crippen LogP contribution in [0.15, 0.2) is 48.5 Å². The van der Waals surface area contributed by atoms with Crippen molar-refractivity contribution in [3.63, 3.8) is 0 Å². The summed E-state index contributed by atoms with van der Waals surface area (Å²) in [6, 6.07) is 15.6. The number of rotatable bonds is 6. The number of ketones is 1. The van der Waals surface area contributed by atoms with Gasteiger partial charge in [-0.2, -0.15) is 5.21 Å². The van der Waals surface area contributed by atoms with E-state index in [2.05, 4.69) is 20.6 Å². The Labute approximate surface area is 138 Å². The van der Waals surface area contributed by atoms with Crippen LogP contribution in [0.2, 0.25) is 0 Å². The molecule has 6 heteroatoms. The minimum absolute atomic E-state index is 0.156. The van der Waals surface area contributed by atoms with Crippen molar-refractivity contribution in [2.45, 2.75) is 12.8 Å². The van der Waals surface area contributed by atoms with E-state index in [0.717, 1.165) is 29.5 Å². The van der Waals surface area contributed by atoms with Crippen molar-refractivity contribution >= 4 is 5.78 Å². The third-order valence-corrected chi connectivity index (χ3v) is 4.09. The number of H-pyrrole nitrogens is 1. The molecule has 1 aliphatic carbocycles. The summed E-state index contributed by atoms with van der Waals surface area (Å²) in [5.41, 5.74) is 2.94. The van der Waals surface area contributed by atoms with Gasteiger partial charge in [-0.3, -0.25) is 4.79 Å². The van der Waals surface area contributed by atoms with Crippen molar-refractivity contribution in [2.75, 3.05) is 6.61 Å². The van der Waals surface area contributed by atoms with Crippen LogP contribution in [-0.4, -0.2) is 33.0 Å². The molecule has 120 valence electrons. The quantitative estimate of drug-likeness (QED) is 0.755. The van der Waals surface area contributed by atoms with E-state index in [1.807, 2.05) is 48.5 Å². The lowest BCUT2D eigenvalue weighted by Crippen LogP contribution is -2.12. The second kappa shape index (κ2) is 6.23. The van der Waals surface area contributed by atoms with Crippen molar-refractivity contribution in [3.8, 4) is 28.3 Å². The number of Topliss-reactive ketones (excluding diaryl/α,β-unsaturated/α-hetero) is 1. The topological polar surface area (TPSA) is 80.8 Å². The summed E-state index contributed by atoms with van der Waals surface area (Å²) in [4.78, 5) is 11.7. The number of nitrogens with zero attached hydrogens (tertiary/aromatic N) is 3. The first-order valence-corrected chi connectivity index (χ1v) is 7.90. The Balaban J connectivity index is 1.54. The molecule has 3 aromatic rings. The van der Waals surface area contributed by atoms with Gasteiger partial charge in [-0.1, -0.05) is 36.4 Å². The monoisotopic (exact) mass is 320 g/mol.